The monoisotopic (exact) mass is 307 g/mol. The van der Waals surface area contributed by atoms with Crippen LogP contribution in [0.5, 0.6) is 0 Å². The summed E-state index contributed by atoms with van der Waals surface area (Å²) in [5, 5.41) is 1.21. The van der Waals surface area contributed by atoms with Crippen LogP contribution in [0.1, 0.15) is 37.4 Å². The van der Waals surface area contributed by atoms with Crippen molar-refractivity contribution in [3.05, 3.63) is 36.0 Å². The van der Waals surface area contributed by atoms with Gasteiger partial charge in [0.15, 0.2) is 0 Å². The topological polar surface area (TPSA) is 62.1 Å². The second-order valence-corrected chi connectivity index (χ2v) is 5.45. The van der Waals surface area contributed by atoms with Crippen LogP contribution in [0.15, 0.2) is 30.3 Å². The number of H-pyrrole nitrogens is 1. The van der Waals surface area contributed by atoms with E-state index in [1.807, 2.05) is 17.0 Å². The number of rotatable bonds is 3. The Balaban J connectivity index is 0.00000161. The number of para-hydroxylation sites is 1. The van der Waals surface area contributed by atoms with E-state index in [1.54, 1.807) is 0 Å². The van der Waals surface area contributed by atoms with E-state index in [2.05, 4.69) is 23.2 Å². The Bertz CT molecular complexity index is 577. The molecule has 0 radical (unpaired) electrons. The highest BCUT2D eigenvalue weighted by atomic mass is 35.5. The van der Waals surface area contributed by atoms with Crippen molar-refractivity contribution >= 4 is 29.2 Å². The fraction of sp³-hybridized carbons (Fsp3) is 0.438. The first-order valence-electron chi connectivity index (χ1n) is 7.37. The number of carbonyl (C=O) groups excluding carboxylic acids is 1. The fourth-order valence-electron chi connectivity index (χ4n) is 3.10. The first kappa shape index (κ1) is 15.9. The normalized spacial score (nSPS) is 18.5. The van der Waals surface area contributed by atoms with Crippen molar-refractivity contribution in [2.75, 3.05) is 13.1 Å². The number of fused-ring (bicyclic) bond motifs is 1. The number of nitrogens with two attached hydrogens (primary N) is 1. The van der Waals surface area contributed by atoms with Crippen LogP contribution in [0.25, 0.3) is 10.9 Å². The molecule has 0 aliphatic carbocycles. The van der Waals surface area contributed by atoms with Crippen LogP contribution in [0, 0.1) is 0 Å². The van der Waals surface area contributed by atoms with E-state index in [0.29, 0.717) is 13.0 Å². The highest BCUT2D eigenvalue weighted by Crippen LogP contribution is 2.32. The Kier molecular flexibility index (Phi) is 5.26. The van der Waals surface area contributed by atoms with E-state index in [1.165, 1.54) is 11.8 Å². The lowest BCUT2D eigenvalue weighted by Gasteiger charge is -2.35. The molecule has 1 unspecified atom stereocenters. The molecule has 1 aliphatic heterocycles. The number of nitrogens with one attached hydrogen (secondary N) is 1. The van der Waals surface area contributed by atoms with Gasteiger partial charge in [0.25, 0.3) is 0 Å². The minimum atomic E-state index is 0. The first-order valence-corrected chi connectivity index (χ1v) is 7.37. The molecule has 0 spiro atoms. The molecule has 2 heterocycles. The van der Waals surface area contributed by atoms with Gasteiger partial charge in [-0.1, -0.05) is 18.2 Å². The number of halogens is 1. The molecular formula is C16H22ClN3O. The van der Waals surface area contributed by atoms with Gasteiger partial charge in [0.05, 0.1) is 6.04 Å². The molecule has 4 nitrogen and oxygen atoms in total. The van der Waals surface area contributed by atoms with E-state index in [4.69, 9.17) is 5.73 Å². The molecule has 21 heavy (non-hydrogen) atoms. The van der Waals surface area contributed by atoms with Gasteiger partial charge in [-0.25, -0.2) is 0 Å². The number of amides is 1. The second-order valence-electron chi connectivity index (χ2n) is 5.45. The van der Waals surface area contributed by atoms with Crippen molar-refractivity contribution in [1.29, 1.82) is 0 Å². The average Bonchev–Trinajstić information content (AvgIpc) is 2.91. The molecule has 1 amide bonds. The molecule has 114 valence electrons. The predicted octanol–water partition coefficient (Wildman–Crippen LogP) is 2.99. The van der Waals surface area contributed by atoms with Crippen LogP contribution in [0.3, 0.4) is 0 Å². The predicted molar refractivity (Wildman–Crippen MR) is 87.5 cm³/mol. The Labute approximate surface area is 131 Å². The third kappa shape index (κ3) is 3.22. The van der Waals surface area contributed by atoms with E-state index in [-0.39, 0.29) is 24.4 Å². The average molecular weight is 308 g/mol. The van der Waals surface area contributed by atoms with E-state index < -0.39 is 0 Å². The van der Waals surface area contributed by atoms with Crippen LogP contribution >= 0.6 is 12.4 Å². The van der Waals surface area contributed by atoms with Crippen molar-refractivity contribution < 1.29 is 4.79 Å². The Morgan fingerprint density at radius 2 is 2.14 bits per heavy atom. The zero-order valence-electron chi connectivity index (χ0n) is 12.0. The molecule has 1 atom stereocenters. The molecule has 3 N–H and O–H groups in total. The van der Waals surface area contributed by atoms with Gasteiger partial charge in [-0.05, 0) is 36.8 Å². The summed E-state index contributed by atoms with van der Waals surface area (Å²) < 4.78 is 0. The lowest BCUT2D eigenvalue weighted by atomic mass is 9.99. The smallest absolute Gasteiger partial charge is 0.224 e. The number of likely N-dealkylation sites (tertiary alicyclic amines) is 1. The molecule has 3 rings (SSSR count). The van der Waals surface area contributed by atoms with Gasteiger partial charge in [-0.3, -0.25) is 4.79 Å². The van der Waals surface area contributed by atoms with E-state index in [0.717, 1.165) is 30.6 Å². The number of hydrogen-bond acceptors (Lipinski definition) is 2. The summed E-state index contributed by atoms with van der Waals surface area (Å²) in [6.45, 7) is 1.27. The SMILES string of the molecule is Cl.NCCC(=O)N1CCCCC1c1cc2ccccc2[nH]1. The standard InChI is InChI=1S/C16H21N3O.ClH/c17-9-8-16(20)19-10-4-3-7-15(19)14-11-12-5-1-2-6-13(12)18-14;/h1-2,5-6,11,15,18H,3-4,7-10,17H2;1H. The van der Waals surface area contributed by atoms with Crippen molar-refractivity contribution in [1.82, 2.24) is 9.88 Å². The largest absolute Gasteiger partial charge is 0.357 e. The lowest BCUT2D eigenvalue weighted by Crippen LogP contribution is -2.39. The fourth-order valence-corrected chi connectivity index (χ4v) is 3.10. The van der Waals surface area contributed by atoms with Crippen LogP contribution < -0.4 is 5.73 Å². The maximum Gasteiger partial charge on any atom is 0.224 e. The van der Waals surface area contributed by atoms with Gasteiger partial charge in [0.2, 0.25) is 5.91 Å². The molecule has 0 bridgehead atoms. The van der Waals surface area contributed by atoms with Crippen LogP contribution in [0.4, 0.5) is 0 Å². The lowest BCUT2D eigenvalue weighted by molar-refractivity contribution is -0.134. The van der Waals surface area contributed by atoms with Crippen LogP contribution in [0.2, 0.25) is 0 Å². The summed E-state index contributed by atoms with van der Waals surface area (Å²) in [6, 6.07) is 10.6. The quantitative estimate of drug-likeness (QED) is 0.915. The Morgan fingerprint density at radius 1 is 1.33 bits per heavy atom. The highest BCUT2D eigenvalue weighted by molar-refractivity contribution is 5.85. The molecule has 1 aromatic carbocycles. The molecule has 1 saturated heterocycles. The second kappa shape index (κ2) is 6.96. The maximum absolute atomic E-state index is 12.2. The van der Waals surface area contributed by atoms with Gasteiger partial charge >= 0.3 is 0 Å². The van der Waals surface area contributed by atoms with Crippen molar-refractivity contribution in [2.24, 2.45) is 5.73 Å². The van der Waals surface area contributed by atoms with E-state index in [9.17, 15) is 4.79 Å². The summed E-state index contributed by atoms with van der Waals surface area (Å²) in [5.41, 5.74) is 7.81. The minimum absolute atomic E-state index is 0. The van der Waals surface area contributed by atoms with Gasteiger partial charge < -0.3 is 15.6 Å². The van der Waals surface area contributed by atoms with Crippen molar-refractivity contribution in [3.8, 4) is 0 Å². The summed E-state index contributed by atoms with van der Waals surface area (Å²) in [6.07, 6.45) is 3.74. The number of piperidine rings is 1. The number of carbonyl (C=O) groups is 1. The zero-order valence-corrected chi connectivity index (χ0v) is 12.9. The molecular weight excluding hydrogens is 286 g/mol. The Morgan fingerprint density at radius 3 is 2.90 bits per heavy atom. The number of benzene rings is 1. The molecule has 2 aromatic rings. The molecule has 1 aromatic heterocycles. The van der Waals surface area contributed by atoms with Crippen molar-refractivity contribution in [3.63, 3.8) is 0 Å². The van der Waals surface area contributed by atoms with Gasteiger partial charge in [-0.15, -0.1) is 12.4 Å². The third-order valence-corrected chi connectivity index (χ3v) is 4.09. The maximum atomic E-state index is 12.2. The summed E-state index contributed by atoms with van der Waals surface area (Å²) in [7, 11) is 0. The first-order chi connectivity index (χ1) is 9.79. The van der Waals surface area contributed by atoms with Gasteiger partial charge in [0.1, 0.15) is 0 Å². The van der Waals surface area contributed by atoms with E-state index >= 15 is 0 Å². The van der Waals surface area contributed by atoms with Gasteiger partial charge in [-0.2, -0.15) is 0 Å². The minimum Gasteiger partial charge on any atom is -0.357 e. The number of nitrogens with zero attached hydrogens (tertiary/aromatic N) is 1. The number of hydrogen-bond donors (Lipinski definition) is 2. The molecule has 5 heteroatoms. The molecule has 1 fully saturated rings. The third-order valence-electron chi connectivity index (χ3n) is 4.09. The zero-order chi connectivity index (χ0) is 13.9. The summed E-state index contributed by atoms with van der Waals surface area (Å²) >= 11 is 0. The Hall–Kier alpha value is -1.52. The highest BCUT2D eigenvalue weighted by Gasteiger charge is 2.28. The van der Waals surface area contributed by atoms with Crippen LogP contribution in [-0.2, 0) is 4.79 Å². The number of aromatic amines is 1. The molecule has 1 aliphatic rings. The van der Waals surface area contributed by atoms with Crippen LogP contribution in [-0.4, -0.2) is 28.9 Å². The number of aromatic nitrogens is 1. The van der Waals surface area contributed by atoms with Gasteiger partial charge in [0, 0.05) is 30.7 Å². The summed E-state index contributed by atoms with van der Waals surface area (Å²) in [5.74, 6) is 0.177. The van der Waals surface area contributed by atoms with Crippen molar-refractivity contribution in [2.45, 2.75) is 31.7 Å². The molecule has 0 saturated carbocycles. The summed E-state index contributed by atoms with van der Waals surface area (Å²) in [4.78, 5) is 17.7.